The number of halogens is 1. The molecule has 2 atom stereocenters. The minimum absolute atomic E-state index is 0.169. The lowest BCUT2D eigenvalue weighted by Gasteiger charge is -2.27. The average molecular weight is 212 g/mol. The summed E-state index contributed by atoms with van der Waals surface area (Å²) in [5.41, 5.74) is 7.02. The quantitative estimate of drug-likeness (QED) is 0.773. The SMILES string of the molecule is CC(N)C1COc2ccc(Cl)cc2C1. The number of ether oxygens (including phenoxy) is 1. The number of fused-ring (bicyclic) bond motifs is 1. The van der Waals surface area contributed by atoms with Crippen molar-refractivity contribution in [2.24, 2.45) is 11.7 Å². The lowest BCUT2D eigenvalue weighted by Crippen LogP contribution is -2.35. The number of nitrogens with two attached hydrogens (primary N) is 1. The second-order valence-corrected chi connectivity index (χ2v) is 4.32. The minimum atomic E-state index is 0.169. The van der Waals surface area contributed by atoms with Gasteiger partial charge in [-0.15, -0.1) is 0 Å². The lowest BCUT2D eigenvalue weighted by molar-refractivity contribution is 0.204. The Morgan fingerprint density at radius 2 is 2.36 bits per heavy atom. The van der Waals surface area contributed by atoms with E-state index in [1.54, 1.807) is 0 Å². The fourth-order valence-corrected chi connectivity index (χ4v) is 1.92. The maximum atomic E-state index is 5.92. The van der Waals surface area contributed by atoms with Crippen LogP contribution in [0, 0.1) is 5.92 Å². The Morgan fingerprint density at radius 3 is 3.07 bits per heavy atom. The van der Waals surface area contributed by atoms with E-state index in [1.165, 1.54) is 5.56 Å². The molecule has 0 saturated heterocycles. The highest BCUT2D eigenvalue weighted by Crippen LogP contribution is 2.30. The van der Waals surface area contributed by atoms with Gasteiger partial charge in [0.05, 0.1) is 6.61 Å². The van der Waals surface area contributed by atoms with Crippen LogP contribution in [0.3, 0.4) is 0 Å². The van der Waals surface area contributed by atoms with Crippen LogP contribution < -0.4 is 10.5 Å². The van der Waals surface area contributed by atoms with E-state index >= 15 is 0 Å². The lowest BCUT2D eigenvalue weighted by atomic mass is 9.92. The molecule has 0 amide bonds. The van der Waals surface area contributed by atoms with Crippen molar-refractivity contribution in [3.05, 3.63) is 28.8 Å². The van der Waals surface area contributed by atoms with E-state index in [9.17, 15) is 0 Å². The van der Waals surface area contributed by atoms with Gasteiger partial charge in [0.25, 0.3) is 0 Å². The van der Waals surface area contributed by atoms with Crippen LogP contribution >= 0.6 is 11.6 Å². The molecular formula is C11H14ClNO. The molecule has 2 rings (SSSR count). The highest BCUT2D eigenvalue weighted by molar-refractivity contribution is 6.30. The van der Waals surface area contributed by atoms with Gasteiger partial charge in [0, 0.05) is 17.0 Å². The predicted molar refractivity (Wildman–Crippen MR) is 57.8 cm³/mol. The van der Waals surface area contributed by atoms with Gasteiger partial charge in [-0.05, 0) is 37.1 Å². The normalized spacial score (nSPS) is 22.4. The van der Waals surface area contributed by atoms with Crippen LogP contribution in [0.1, 0.15) is 12.5 Å². The molecule has 3 heteroatoms. The van der Waals surface area contributed by atoms with E-state index < -0.39 is 0 Å². The van der Waals surface area contributed by atoms with Crippen molar-refractivity contribution >= 4 is 11.6 Å². The third-order valence-electron chi connectivity index (χ3n) is 2.70. The summed E-state index contributed by atoms with van der Waals surface area (Å²) in [6.45, 7) is 2.73. The minimum Gasteiger partial charge on any atom is -0.493 e. The van der Waals surface area contributed by atoms with Crippen molar-refractivity contribution in [2.45, 2.75) is 19.4 Å². The molecule has 76 valence electrons. The summed E-state index contributed by atoms with van der Waals surface area (Å²) in [4.78, 5) is 0. The summed E-state index contributed by atoms with van der Waals surface area (Å²) in [5, 5.41) is 0.762. The summed E-state index contributed by atoms with van der Waals surface area (Å²) in [6, 6.07) is 5.91. The Hall–Kier alpha value is -0.730. The van der Waals surface area contributed by atoms with Crippen LogP contribution in [0.5, 0.6) is 5.75 Å². The standard InChI is InChI=1S/C11H14ClNO/c1-7(13)9-4-8-5-10(12)2-3-11(8)14-6-9/h2-3,5,7,9H,4,6,13H2,1H3. The van der Waals surface area contributed by atoms with Crippen molar-refractivity contribution in [1.29, 1.82) is 0 Å². The van der Waals surface area contributed by atoms with Gasteiger partial charge in [-0.25, -0.2) is 0 Å². The first-order chi connectivity index (χ1) is 6.66. The molecule has 1 aromatic rings. The number of benzene rings is 1. The Kier molecular flexibility index (Phi) is 2.66. The second-order valence-electron chi connectivity index (χ2n) is 3.89. The van der Waals surface area contributed by atoms with Crippen LogP contribution in [0.15, 0.2) is 18.2 Å². The summed E-state index contributed by atoms with van der Waals surface area (Å²) in [7, 11) is 0. The zero-order valence-corrected chi connectivity index (χ0v) is 8.92. The van der Waals surface area contributed by atoms with Crippen molar-refractivity contribution < 1.29 is 4.74 Å². The van der Waals surface area contributed by atoms with Crippen molar-refractivity contribution in [2.75, 3.05) is 6.61 Å². The van der Waals surface area contributed by atoms with E-state index in [0.29, 0.717) is 12.5 Å². The van der Waals surface area contributed by atoms with Gasteiger partial charge in [-0.1, -0.05) is 11.6 Å². The zero-order chi connectivity index (χ0) is 10.1. The van der Waals surface area contributed by atoms with Crippen LogP contribution in [0.2, 0.25) is 5.02 Å². The molecule has 14 heavy (non-hydrogen) atoms. The summed E-state index contributed by atoms with van der Waals surface area (Å²) < 4.78 is 5.61. The topological polar surface area (TPSA) is 35.2 Å². The highest BCUT2D eigenvalue weighted by atomic mass is 35.5. The Labute approximate surface area is 89.0 Å². The van der Waals surface area contributed by atoms with Gasteiger partial charge < -0.3 is 10.5 Å². The maximum absolute atomic E-state index is 5.92. The van der Waals surface area contributed by atoms with Gasteiger partial charge in [0.15, 0.2) is 0 Å². The second kappa shape index (κ2) is 3.79. The fraction of sp³-hybridized carbons (Fsp3) is 0.455. The Bertz CT molecular complexity index is 338. The average Bonchev–Trinajstić information content (AvgIpc) is 2.16. The van der Waals surface area contributed by atoms with E-state index in [4.69, 9.17) is 22.1 Å². The first-order valence-electron chi connectivity index (χ1n) is 4.83. The number of rotatable bonds is 1. The molecule has 0 aromatic heterocycles. The molecule has 0 radical (unpaired) electrons. The molecule has 1 aliphatic rings. The van der Waals surface area contributed by atoms with Crippen molar-refractivity contribution in [3.63, 3.8) is 0 Å². The largest absolute Gasteiger partial charge is 0.493 e. The molecule has 2 unspecified atom stereocenters. The molecule has 2 N–H and O–H groups in total. The number of hydrogen-bond acceptors (Lipinski definition) is 2. The van der Waals surface area contributed by atoms with E-state index in [-0.39, 0.29) is 6.04 Å². The Morgan fingerprint density at radius 1 is 1.57 bits per heavy atom. The van der Waals surface area contributed by atoms with Gasteiger partial charge in [-0.2, -0.15) is 0 Å². The van der Waals surface area contributed by atoms with Gasteiger partial charge in [0.1, 0.15) is 5.75 Å². The summed E-state index contributed by atoms with van der Waals surface area (Å²) >= 11 is 5.92. The van der Waals surface area contributed by atoms with Crippen LogP contribution in [0.4, 0.5) is 0 Å². The molecule has 0 bridgehead atoms. The Balaban J connectivity index is 2.24. The number of hydrogen-bond donors (Lipinski definition) is 1. The predicted octanol–water partition coefficient (Wildman–Crippen LogP) is 2.24. The van der Waals surface area contributed by atoms with Gasteiger partial charge >= 0.3 is 0 Å². The van der Waals surface area contributed by atoms with Crippen LogP contribution in [0.25, 0.3) is 0 Å². The molecule has 1 heterocycles. The maximum Gasteiger partial charge on any atom is 0.122 e. The first kappa shape index (κ1) is 9.81. The van der Waals surface area contributed by atoms with Crippen LogP contribution in [-0.4, -0.2) is 12.6 Å². The molecule has 0 spiro atoms. The monoisotopic (exact) mass is 211 g/mol. The van der Waals surface area contributed by atoms with E-state index in [0.717, 1.165) is 17.2 Å². The molecule has 0 fully saturated rings. The smallest absolute Gasteiger partial charge is 0.122 e. The molecule has 1 aromatic carbocycles. The molecule has 1 aliphatic heterocycles. The zero-order valence-electron chi connectivity index (χ0n) is 8.16. The van der Waals surface area contributed by atoms with E-state index in [1.807, 2.05) is 25.1 Å². The van der Waals surface area contributed by atoms with Gasteiger partial charge in [-0.3, -0.25) is 0 Å². The summed E-state index contributed by atoms with van der Waals surface area (Å²) in [5.74, 6) is 1.35. The van der Waals surface area contributed by atoms with Crippen molar-refractivity contribution in [1.82, 2.24) is 0 Å². The summed E-state index contributed by atoms with van der Waals surface area (Å²) in [6.07, 6.45) is 0.966. The molecule has 0 aliphatic carbocycles. The molecular weight excluding hydrogens is 198 g/mol. The third-order valence-corrected chi connectivity index (χ3v) is 2.94. The van der Waals surface area contributed by atoms with Gasteiger partial charge in [0.2, 0.25) is 0 Å². The fourth-order valence-electron chi connectivity index (χ4n) is 1.72. The third kappa shape index (κ3) is 1.86. The van der Waals surface area contributed by atoms with E-state index in [2.05, 4.69) is 0 Å². The van der Waals surface area contributed by atoms with Crippen molar-refractivity contribution in [3.8, 4) is 5.75 Å². The highest BCUT2D eigenvalue weighted by Gasteiger charge is 2.22. The molecule has 2 nitrogen and oxygen atoms in total. The van der Waals surface area contributed by atoms with Crippen LogP contribution in [-0.2, 0) is 6.42 Å². The molecule has 0 saturated carbocycles. The first-order valence-corrected chi connectivity index (χ1v) is 5.21.